The summed E-state index contributed by atoms with van der Waals surface area (Å²) in [5.74, 6) is -0.581. The predicted molar refractivity (Wildman–Crippen MR) is 79.2 cm³/mol. The van der Waals surface area contributed by atoms with E-state index in [2.05, 4.69) is 10.3 Å². The minimum atomic E-state index is -0.337. The van der Waals surface area contributed by atoms with E-state index in [1.165, 1.54) is 0 Å². The van der Waals surface area contributed by atoms with Crippen molar-refractivity contribution >= 4 is 17.0 Å². The molecule has 1 fully saturated rings. The zero-order valence-electron chi connectivity index (χ0n) is 12.0. The number of benzene rings is 1. The van der Waals surface area contributed by atoms with Gasteiger partial charge < -0.3 is 15.0 Å². The number of ether oxygens (including phenoxy) is 1. The molecule has 0 spiro atoms. The molecule has 21 heavy (non-hydrogen) atoms. The molecule has 2 heterocycles. The van der Waals surface area contributed by atoms with Gasteiger partial charge in [0.05, 0.1) is 29.6 Å². The van der Waals surface area contributed by atoms with Gasteiger partial charge in [-0.05, 0) is 32.0 Å². The van der Waals surface area contributed by atoms with E-state index >= 15 is 0 Å². The number of esters is 1. The normalized spacial score (nSPS) is 22.3. The van der Waals surface area contributed by atoms with Crippen LogP contribution in [0.1, 0.15) is 19.4 Å². The van der Waals surface area contributed by atoms with E-state index in [-0.39, 0.29) is 23.6 Å². The molecule has 0 unspecified atom stereocenters. The third-order valence-corrected chi connectivity index (χ3v) is 3.99. The van der Waals surface area contributed by atoms with Gasteiger partial charge in [-0.1, -0.05) is 12.1 Å². The number of carbonyl (C=O) groups excluding carboxylic acids is 1. The van der Waals surface area contributed by atoms with Crippen molar-refractivity contribution in [2.75, 3.05) is 19.7 Å². The molecule has 1 saturated heterocycles. The molecule has 112 valence electrons. The third kappa shape index (κ3) is 2.47. The van der Waals surface area contributed by atoms with Crippen LogP contribution in [0.2, 0.25) is 0 Å². The average Bonchev–Trinajstić information content (AvgIpc) is 2.83. The smallest absolute Gasteiger partial charge is 0.326 e. The lowest BCUT2D eigenvalue weighted by Crippen LogP contribution is -2.44. The Morgan fingerprint density at radius 2 is 2.24 bits per heavy atom. The Balaban J connectivity index is 2.04. The van der Waals surface area contributed by atoms with Crippen molar-refractivity contribution in [3.63, 3.8) is 0 Å². The number of para-hydroxylation sites is 2. The number of hydrogen-bond acceptors (Lipinski definition) is 4. The molecule has 0 saturated carbocycles. The van der Waals surface area contributed by atoms with E-state index in [9.17, 15) is 9.59 Å². The Kier molecular flexibility index (Phi) is 3.79. The molecule has 1 aromatic heterocycles. The molecule has 3 rings (SSSR count). The van der Waals surface area contributed by atoms with Gasteiger partial charge in [0, 0.05) is 6.54 Å². The molecule has 2 N–H and O–H groups in total. The standard InChI is InChI=1S/C15H19N3O3/c1-2-21-14(19)10-9-16-8-7-12(10)18-13-6-4-3-5-11(13)17-15(18)20/h3-6,10,12,16H,2,7-9H2,1H3,(H,17,20)/t10-,12-/m0/s1. The van der Waals surface area contributed by atoms with Gasteiger partial charge in [0.2, 0.25) is 0 Å². The summed E-state index contributed by atoms with van der Waals surface area (Å²) in [4.78, 5) is 27.3. The molecule has 6 heteroatoms. The Labute approximate surface area is 122 Å². The fraction of sp³-hybridized carbons (Fsp3) is 0.467. The van der Waals surface area contributed by atoms with Crippen molar-refractivity contribution in [3.05, 3.63) is 34.7 Å². The highest BCUT2D eigenvalue weighted by Gasteiger charge is 2.34. The van der Waals surface area contributed by atoms with Crippen molar-refractivity contribution in [3.8, 4) is 0 Å². The van der Waals surface area contributed by atoms with E-state index in [4.69, 9.17) is 4.74 Å². The number of hydrogen-bond donors (Lipinski definition) is 2. The van der Waals surface area contributed by atoms with Gasteiger partial charge in [-0.15, -0.1) is 0 Å². The fourth-order valence-corrected chi connectivity index (χ4v) is 3.05. The minimum Gasteiger partial charge on any atom is -0.466 e. The second-order valence-electron chi connectivity index (χ2n) is 5.24. The van der Waals surface area contributed by atoms with E-state index in [1.54, 1.807) is 11.5 Å². The second-order valence-corrected chi connectivity index (χ2v) is 5.24. The van der Waals surface area contributed by atoms with Crippen LogP contribution in [-0.4, -0.2) is 35.2 Å². The highest BCUT2D eigenvalue weighted by Crippen LogP contribution is 2.27. The molecule has 6 nitrogen and oxygen atoms in total. The van der Waals surface area contributed by atoms with Gasteiger partial charge in [-0.2, -0.15) is 0 Å². The van der Waals surface area contributed by atoms with Crippen LogP contribution in [0.15, 0.2) is 29.1 Å². The summed E-state index contributed by atoms with van der Waals surface area (Å²) < 4.78 is 6.86. The van der Waals surface area contributed by atoms with Gasteiger partial charge >= 0.3 is 11.7 Å². The van der Waals surface area contributed by atoms with E-state index in [1.807, 2.05) is 24.3 Å². The molecular weight excluding hydrogens is 270 g/mol. The molecule has 0 radical (unpaired) electrons. The van der Waals surface area contributed by atoms with Gasteiger partial charge in [-0.3, -0.25) is 9.36 Å². The number of nitrogens with one attached hydrogen (secondary N) is 2. The van der Waals surface area contributed by atoms with Crippen molar-refractivity contribution < 1.29 is 9.53 Å². The first-order chi connectivity index (χ1) is 10.2. The summed E-state index contributed by atoms with van der Waals surface area (Å²) in [5.41, 5.74) is 1.46. The maximum atomic E-state index is 12.3. The molecule has 0 aliphatic carbocycles. The topological polar surface area (TPSA) is 76.1 Å². The first-order valence-corrected chi connectivity index (χ1v) is 7.29. The number of H-pyrrole nitrogens is 1. The van der Waals surface area contributed by atoms with Crippen LogP contribution in [-0.2, 0) is 9.53 Å². The lowest BCUT2D eigenvalue weighted by Gasteiger charge is -2.31. The van der Waals surface area contributed by atoms with Gasteiger partial charge in [-0.25, -0.2) is 4.79 Å². The molecule has 1 aliphatic heterocycles. The number of nitrogens with zero attached hydrogens (tertiary/aromatic N) is 1. The highest BCUT2D eigenvalue weighted by atomic mass is 16.5. The average molecular weight is 289 g/mol. The Morgan fingerprint density at radius 1 is 1.43 bits per heavy atom. The zero-order valence-corrected chi connectivity index (χ0v) is 12.0. The SMILES string of the molecule is CCOC(=O)[C@H]1CNCC[C@@H]1n1c(=O)[nH]c2ccccc21. The first-order valence-electron chi connectivity index (χ1n) is 7.29. The number of aromatic nitrogens is 2. The maximum absolute atomic E-state index is 12.3. The third-order valence-electron chi connectivity index (χ3n) is 3.99. The van der Waals surface area contributed by atoms with Crippen LogP contribution in [0.4, 0.5) is 0 Å². The number of piperidine rings is 1. The lowest BCUT2D eigenvalue weighted by atomic mass is 9.93. The van der Waals surface area contributed by atoms with E-state index in [0.29, 0.717) is 13.2 Å². The van der Waals surface area contributed by atoms with Crippen LogP contribution in [0.3, 0.4) is 0 Å². The monoisotopic (exact) mass is 289 g/mol. The number of fused-ring (bicyclic) bond motifs is 1. The van der Waals surface area contributed by atoms with E-state index < -0.39 is 0 Å². The molecule has 1 aliphatic rings. The zero-order chi connectivity index (χ0) is 14.8. The molecule has 2 atom stereocenters. The molecule has 1 aromatic carbocycles. The van der Waals surface area contributed by atoms with Crippen LogP contribution >= 0.6 is 0 Å². The largest absolute Gasteiger partial charge is 0.466 e. The predicted octanol–water partition coefficient (Wildman–Crippen LogP) is 1.04. The van der Waals surface area contributed by atoms with Crippen LogP contribution in [0, 0.1) is 5.92 Å². The fourth-order valence-electron chi connectivity index (χ4n) is 3.05. The van der Waals surface area contributed by atoms with Crippen LogP contribution in [0.5, 0.6) is 0 Å². The van der Waals surface area contributed by atoms with Gasteiger partial charge in [0.1, 0.15) is 0 Å². The van der Waals surface area contributed by atoms with Crippen molar-refractivity contribution in [2.45, 2.75) is 19.4 Å². The van der Waals surface area contributed by atoms with Crippen molar-refractivity contribution in [1.82, 2.24) is 14.9 Å². The van der Waals surface area contributed by atoms with E-state index in [0.717, 1.165) is 24.0 Å². The number of imidazole rings is 1. The van der Waals surface area contributed by atoms with Crippen LogP contribution < -0.4 is 11.0 Å². The Hall–Kier alpha value is -2.08. The summed E-state index contributed by atoms with van der Waals surface area (Å²) in [6.45, 7) is 3.47. The summed E-state index contributed by atoms with van der Waals surface area (Å²) in [5, 5.41) is 3.21. The van der Waals surface area contributed by atoms with Gasteiger partial charge in [0.25, 0.3) is 0 Å². The summed E-state index contributed by atoms with van der Waals surface area (Å²) in [7, 11) is 0. The van der Waals surface area contributed by atoms with Crippen molar-refractivity contribution in [1.29, 1.82) is 0 Å². The quantitative estimate of drug-likeness (QED) is 0.828. The lowest BCUT2D eigenvalue weighted by molar-refractivity contribution is -0.150. The molecule has 0 bridgehead atoms. The molecule has 2 aromatic rings. The molecule has 0 amide bonds. The maximum Gasteiger partial charge on any atom is 0.326 e. The van der Waals surface area contributed by atoms with Gasteiger partial charge in [0.15, 0.2) is 0 Å². The number of rotatable bonds is 3. The Bertz CT molecular complexity index is 703. The second kappa shape index (κ2) is 5.73. The Morgan fingerprint density at radius 3 is 3.05 bits per heavy atom. The summed E-state index contributed by atoms with van der Waals surface area (Å²) in [6.07, 6.45) is 0.727. The summed E-state index contributed by atoms with van der Waals surface area (Å²) >= 11 is 0. The summed E-state index contributed by atoms with van der Waals surface area (Å²) in [6, 6.07) is 7.37. The minimum absolute atomic E-state index is 0.169. The number of carbonyl (C=O) groups is 1. The molecular formula is C15H19N3O3. The van der Waals surface area contributed by atoms with Crippen LogP contribution in [0.25, 0.3) is 11.0 Å². The number of aromatic amines is 1. The first kappa shape index (κ1) is 13.9. The highest BCUT2D eigenvalue weighted by molar-refractivity contribution is 5.77. The van der Waals surface area contributed by atoms with Crippen molar-refractivity contribution in [2.24, 2.45) is 5.92 Å².